The van der Waals surface area contributed by atoms with Gasteiger partial charge in [-0.25, -0.2) is 0 Å². The van der Waals surface area contributed by atoms with E-state index in [0.29, 0.717) is 12.8 Å². The number of carbonyl (C=O) groups is 2. The third kappa shape index (κ3) is 12.2. The molecule has 4 aliphatic carbocycles. The summed E-state index contributed by atoms with van der Waals surface area (Å²) in [6.07, 6.45) is 30.3. The van der Waals surface area contributed by atoms with Crippen LogP contribution in [-0.2, 0) is 19.1 Å². The van der Waals surface area contributed by atoms with Crippen molar-refractivity contribution in [2.75, 3.05) is 19.8 Å². The molecule has 0 radical (unpaired) electrons. The van der Waals surface area contributed by atoms with E-state index in [4.69, 9.17) is 9.47 Å². The van der Waals surface area contributed by atoms with E-state index in [1.807, 2.05) is 0 Å². The SMILES string of the molecule is CCCCC/C=C\C/C=C\CCCCCCCC(=O)OCC(CO)COC(=O)CC12CC3CC(CC(C3)C1)C2. The van der Waals surface area contributed by atoms with Crippen molar-refractivity contribution in [3.63, 3.8) is 0 Å². The number of rotatable bonds is 21. The first-order valence-electron chi connectivity index (χ1n) is 16.2. The lowest BCUT2D eigenvalue weighted by atomic mass is 9.49. The Kier molecular flexibility index (Phi) is 14.7. The number of unbranched alkanes of at least 4 members (excludes halogenated alkanes) is 8. The zero-order chi connectivity index (χ0) is 27.8. The molecule has 222 valence electrons. The van der Waals surface area contributed by atoms with Gasteiger partial charge in [0.05, 0.1) is 32.2 Å². The highest BCUT2D eigenvalue weighted by atomic mass is 16.5. The Morgan fingerprint density at radius 2 is 1.31 bits per heavy atom. The minimum absolute atomic E-state index is 0.111. The van der Waals surface area contributed by atoms with E-state index in [-0.39, 0.29) is 43.1 Å². The first-order chi connectivity index (χ1) is 19.0. The minimum atomic E-state index is -0.348. The number of ether oxygens (including phenoxy) is 2. The molecule has 39 heavy (non-hydrogen) atoms. The molecule has 0 amide bonds. The van der Waals surface area contributed by atoms with E-state index in [0.717, 1.165) is 49.9 Å². The van der Waals surface area contributed by atoms with E-state index < -0.39 is 0 Å². The second-order valence-electron chi connectivity index (χ2n) is 13.0. The summed E-state index contributed by atoms with van der Waals surface area (Å²) >= 11 is 0. The van der Waals surface area contributed by atoms with Crippen LogP contribution in [-0.4, -0.2) is 36.9 Å². The first-order valence-corrected chi connectivity index (χ1v) is 16.2. The molecular formula is C34H56O5. The molecular weight excluding hydrogens is 488 g/mol. The summed E-state index contributed by atoms with van der Waals surface area (Å²) in [4.78, 5) is 24.8. The summed E-state index contributed by atoms with van der Waals surface area (Å²) in [5.41, 5.74) is 0.161. The molecule has 4 bridgehead atoms. The molecule has 1 unspecified atom stereocenters. The lowest BCUT2D eigenvalue weighted by Crippen LogP contribution is -2.47. The molecule has 0 aliphatic heterocycles. The van der Waals surface area contributed by atoms with Crippen molar-refractivity contribution < 1.29 is 24.2 Å². The van der Waals surface area contributed by atoms with Gasteiger partial charge in [0.1, 0.15) is 0 Å². The summed E-state index contributed by atoms with van der Waals surface area (Å²) in [5, 5.41) is 9.68. The summed E-state index contributed by atoms with van der Waals surface area (Å²) in [6.45, 7) is 2.32. The van der Waals surface area contributed by atoms with Gasteiger partial charge < -0.3 is 14.6 Å². The molecule has 0 spiro atoms. The van der Waals surface area contributed by atoms with Gasteiger partial charge in [0.15, 0.2) is 0 Å². The summed E-state index contributed by atoms with van der Waals surface area (Å²) in [7, 11) is 0. The molecule has 4 saturated carbocycles. The van der Waals surface area contributed by atoms with Crippen LogP contribution >= 0.6 is 0 Å². The lowest BCUT2D eigenvalue weighted by molar-refractivity contribution is -0.155. The molecule has 0 aromatic rings. The number of aliphatic hydroxyl groups is 1. The van der Waals surface area contributed by atoms with Gasteiger partial charge >= 0.3 is 11.9 Å². The summed E-state index contributed by atoms with van der Waals surface area (Å²) in [5.74, 6) is 1.72. The highest BCUT2D eigenvalue weighted by molar-refractivity contribution is 5.70. The average molecular weight is 545 g/mol. The van der Waals surface area contributed by atoms with Crippen molar-refractivity contribution in [3.05, 3.63) is 24.3 Å². The highest BCUT2D eigenvalue weighted by Gasteiger charge is 2.51. The van der Waals surface area contributed by atoms with Gasteiger partial charge in [0.2, 0.25) is 0 Å². The molecule has 1 atom stereocenters. The van der Waals surface area contributed by atoms with Crippen molar-refractivity contribution in [3.8, 4) is 0 Å². The van der Waals surface area contributed by atoms with E-state index in [1.54, 1.807) is 0 Å². The van der Waals surface area contributed by atoms with Crippen LogP contribution < -0.4 is 0 Å². The van der Waals surface area contributed by atoms with Crippen LogP contribution in [0.1, 0.15) is 129 Å². The van der Waals surface area contributed by atoms with E-state index >= 15 is 0 Å². The number of esters is 2. The van der Waals surface area contributed by atoms with Crippen LogP contribution in [0.15, 0.2) is 24.3 Å². The Morgan fingerprint density at radius 3 is 1.90 bits per heavy atom. The smallest absolute Gasteiger partial charge is 0.306 e. The van der Waals surface area contributed by atoms with Gasteiger partial charge in [0, 0.05) is 6.42 Å². The predicted octanol–water partition coefficient (Wildman–Crippen LogP) is 8.10. The Bertz CT molecular complexity index is 734. The number of carbonyl (C=O) groups excluding carboxylic acids is 2. The number of allylic oxidation sites excluding steroid dienone is 4. The second kappa shape index (κ2) is 17.9. The fourth-order valence-electron chi connectivity index (χ4n) is 7.59. The van der Waals surface area contributed by atoms with Crippen LogP contribution in [0.5, 0.6) is 0 Å². The summed E-state index contributed by atoms with van der Waals surface area (Å²) < 4.78 is 10.9. The van der Waals surface area contributed by atoms with E-state index in [1.165, 1.54) is 77.0 Å². The Hall–Kier alpha value is -1.62. The van der Waals surface area contributed by atoms with Crippen molar-refractivity contribution in [2.45, 2.75) is 129 Å². The number of aliphatic hydroxyl groups excluding tert-OH is 1. The van der Waals surface area contributed by atoms with Crippen LogP contribution in [0.25, 0.3) is 0 Å². The average Bonchev–Trinajstić information content (AvgIpc) is 2.90. The maximum absolute atomic E-state index is 12.6. The zero-order valence-corrected chi connectivity index (χ0v) is 24.8. The van der Waals surface area contributed by atoms with Crippen LogP contribution in [0, 0.1) is 29.1 Å². The highest BCUT2D eigenvalue weighted by Crippen LogP contribution is 2.61. The third-order valence-electron chi connectivity index (χ3n) is 9.23. The molecule has 4 aliphatic rings. The summed E-state index contributed by atoms with van der Waals surface area (Å²) in [6, 6.07) is 0. The Morgan fingerprint density at radius 1 is 0.769 bits per heavy atom. The van der Waals surface area contributed by atoms with Gasteiger partial charge in [-0.2, -0.15) is 0 Å². The molecule has 0 aromatic heterocycles. The predicted molar refractivity (Wildman–Crippen MR) is 157 cm³/mol. The van der Waals surface area contributed by atoms with Crippen molar-refractivity contribution in [1.82, 2.24) is 0 Å². The standard InChI is InChI=1S/C34H56O5/c1-2-3-4-5-6-7-8-9-10-11-12-13-14-15-16-17-32(36)38-26-31(25-35)27-39-33(37)24-34-21-28-18-29(22-34)20-30(19-28)23-34/h6-7,9-10,28-31,35H,2-5,8,11-27H2,1H3/b7-6-,10-9-. The second-order valence-corrected chi connectivity index (χ2v) is 13.0. The van der Waals surface area contributed by atoms with Gasteiger partial charge in [-0.15, -0.1) is 0 Å². The fraction of sp³-hybridized carbons (Fsp3) is 0.824. The minimum Gasteiger partial charge on any atom is -0.465 e. The molecule has 1 N–H and O–H groups in total. The molecule has 4 fully saturated rings. The normalized spacial score (nSPS) is 26.5. The topological polar surface area (TPSA) is 72.8 Å². The fourth-order valence-corrected chi connectivity index (χ4v) is 7.59. The van der Waals surface area contributed by atoms with Crippen LogP contribution in [0.3, 0.4) is 0 Å². The maximum Gasteiger partial charge on any atom is 0.306 e. The van der Waals surface area contributed by atoms with Gasteiger partial charge in [-0.05, 0) is 100 Å². The Balaban J connectivity index is 1.15. The van der Waals surface area contributed by atoms with Gasteiger partial charge in [-0.3, -0.25) is 9.59 Å². The van der Waals surface area contributed by atoms with Crippen molar-refractivity contribution in [2.24, 2.45) is 29.1 Å². The molecule has 4 rings (SSSR count). The lowest BCUT2D eigenvalue weighted by Gasteiger charge is -2.56. The monoisotopic (exact) mass is 544 g/mol. The van der Waals surface area contributed by atoms with Crippen molar-refractivity contribution >= 4 is 11.9 Å². The molecule has 0 heterocycles. The maximum atomic E-state index is 12.6. The first kappa shape index (κ1) is 31.9. The van der Waals surface area contributed by atoms with Gasteiger partial charge in [0.25, 0.3) is 0 Å². The third-order valence-corrected chi connectivity index (χ3v) is 9.23. The van der Waals surface area contributed by atoms with Gasteiger partial charge in [-0.1, -0.05) is 63.3 Å². The Labute approximate surface area is 238 Å². The van der Waals surface area contributed by atoms with Crippen molar-refractivity contribution in [1.29, 1.82) is 0 Å². The molecule has 5 nitrogen and oxygen atoms in total. The quantitative estimate of drug-likeness (QED) is 0.0898. The molecule has 0 saturated heterocycles. The number of hydrogen-bond donors (Lipinski definition) is 1. The van der Waals surface area contributed by atoms with E-state index in [2.05, 4.69) is 31.2 Å². The van der Waals surface area contributed by atoms with Crippen LogP contribution in [0.4, 0.5) is 0 Å². The molecule has 0 aromatic carbocycles. The van der Waals surface area contributed by atoms with E-state index in [9.17, 15) is 14.7 Å². The zero-order valence-electron chi connectivity index (χ0n) is 24.8. The number of hydrogen-bond acceptors (Lipinski definition) is 5. The van der Waals surface area contributed by atoms with Crippen LogP contribution in [0.2, 0.25) is 0 Å². The largest absolute Gasteiger partial charge is 0.465 e. The molecule has 5 heteroatoms.